The van der Waals surface area contributed by atoms with E-state index in [1.54, 1.807) is 12.3 Å². The fourth-order valence-electron chi connectivity index (χ4n) is 3.71. The Hall–Kier alpha value is -1.66. The summed E-state index contributed by atoms with van der Waals surface area (Å²) in [5.41, 5.74) is 6.53. The summed E-state index contributed by atoms with van der Waals surface area (Å²) in [7, 11) is 0. The summed E-state index contributed by atoms with van der Waals surface area (Å²) in [6.45, 7) is 3.60. The molecule has 2 aliphatic rings. The number of amides is 1. The van der Waals surface area contributed by atoms with Crippen molar-refractivity contribution in [3.8, 4) is 0 Å². The van der Waals surface area contributed by atoms with Gasteiger partial charge >= 0.3 is 0 Å². The smallest absolute Gasteiger partial charge is 0.247 e. The summed E-state index contributed by atoms with van der Waals surface area (Å²) in [5, 5.41) is 0. The molecule has 2 aliphatic heterocycles. The maximum absolute atomic E-state index is 11.4. The minimum atomic E-state index is -0.219. The van der Waals surface area contributed by atoms with Crippen LogP contribution in [-0.4, -0.2) is 41.6 Å². The van der Waals surface area contributed by atoms with Crippen LogP contribution in [0.1, 0.15) is 31.2 Å². The number of rotatable bonds is 5. The predicted molar refractivity (Wildman–Crippen MR) is 86.7 cm³/mol. The number of ether oxygens (including phenoxy) is 1. The second-order valence-corrected chi connectivity index (χ2v) is 6.72. The lowest BCUT2D eigenvalue weighted by atomic mass is 9.86. The summed E-state index contributed by atoms with van der Waals surface area (Å²) in [5.74, 6) is 0.281. The highest BCUT2D eigenvalue weighted by Gasteiger charge is 2.34. The highest BCUT2D eigenvalue weighted by molar-refractivity contribution is 5.77. The molecule has 3 heterocycles. The zero-order chi connectivity index (χ0) is 16.2. The maximum atomic E-state index is 11.4. The monoisotopic (exact) mass is 319 g/mol. The van der Waals surface area contributed by atoms with Crippen LogP contribution in [0.5, 0.6) is 0 Å². The number of H-pyrrole nitrogens is 1. The van der Waals surface area contributed by atoms with Crippen molar-refractivity contribution in [1.29, 1.82) is 0 Å². The standard InChI is InChI=1S/C17H25N3O3/c18-17(22)14-5-8-23-15(14)9-12-3-6-20(7-4-12)11-13-1-2-16(21)19-10-13/h1-2,10,12,14-15H,3-9,11H2,(H2,18,22)(H,19,21)/t14-,15-/m1/s1. The van der Waals surface area contributed by atoms with Gasteiger partial charge in [-0.3, -0.25) is 14.5 Å². The SMILES string of the molecule is NC(=O)[C@@H]1CCO[C@@H]1CC1CCN(Cc2ccc(=O)[nH]c2)CC1. The number of nitrogens with zero attached hydrogens (tertiary/aromatic N) is 1. The van der Waals surface area contributed by atoms with Crippen molar-refractivity contribution >= 4 is 5.91 Å². The van der Waals surface area contributed by atoms with E-state index in [9.17, 15) is 9.59 Å². The molecule has 2 atom stereocenters. The fourth-order valence-corrected chi connectivity index (χ4v) is 3.71. The molecule has 1 aromatic rings. The lowest BCUT2D eigenvalue weighted by Gasteiger charge is -2.33. The van der Waals surface area contributed by atoms with Gasteiger partial charge in [0.1, 0.15) is 0 Å². The Balaban J connectivity index is 1.46. The largest absolute Gasteiger partial charge is 0.377 e. The van der Waals surface area contributed by atoms with E-state index in [-0.39, 0.29) is 23.5 Å². The summed E-state index contributed by atoms with van der Waals surface area (Å²) < 4.78 is 5.72. The number of hydrogen-bond donors (Lipinski definition) is 2. The van der Waals surface area contributed by atoms with Gasteiger partial charge in [-0.1, -0.05) is 6.07 Å². The average Bonchev–Trinajstić information content (AvgIpc) is 3.00. The molecule has 0 saturated carbocycles. The van der Waals surface area contributed by atoms with Gasteiger partial charge in [-0.2, -0.15) is 0 Å². The number of nitrogens with one attached hydrogen (secondary N) is 1. The first kappa shape index (κ1) is 16.2. The minimum Gasteiger partial charge on any atom is -0.377 e. The van der Waals surface area contributed by atoms with Crippen molar-refractivity contribution < 1.29 is 9.53 Å². The van der Waals surface area contributed by atoms with E-state index in [1.807, 2.05) is 6.07 Å². The molecule has 3 N–H and O–H groups in total. The van der Waals surface area contributed by atoms with Crippen LogP contribution >= 0.6 is 0 Å². The molecule has 3 rings (SSSR count). The molecule has 1 amide bonds. The molecule has 6 nitrogen and oxygen atoms in total. The summed E-state index contributed by atoms with van der Waals surface area (Å²) in [6.07, 6.45) is 5.76. The van der Waals surface area contributed by atoms with Crippen molar-refractivity contribution in [1.82, 2.24) is 9.88 Å². The molecular weight excluding hydrogens is 294 g/mol. The third-order valence-corrected chi connectivity index (χ3v) is 5.10. The Kier molecular flexibility index (Phi) is 5.13. The number of aromatic nitrogens is 1. The van der Waals surface area contributed by atoms with Gasteiger partial charge < -0.3 is 15.5 Å². The molecule has 0 aromatic carbocycles. The first-order chi connectivity index (χ1) is 11.1. The first-order valence-electron chi connectivity index (χ1n) is 8.42. The number of nitrogens with two attached hydrogens (primary N) is 1. The summed E-state index contributed by atoms with van der Waals surface area (Å²) in [6, 6.07) is 3.46. The van der Waals surface area contributed by atoms with Crippen LogP contribution in [0.2, 0.25) is 0 Å². The Labute approximate surface area is 136 Å². The van der Waals surface area contributed by atoms with Crippen molar-refractivity contribution in [2.45, 2.75) is 38.3 Å². The normalized spacial score (nSPS) is 26.4. The highest BCUT2D eigenvalue weighted by atomic mass is 16.5. The van der Waals surface area contributed by atoms with Crippen LogP contribution < -0.4 is 11.3 Å². The summed E-state index contributed by atoms with van der Waals surface area (Å²) >= 11 is 0. The number of likely N-dealkylation sites (tertiary alicyclic amines) is 1. The zero-order valence-corrected chi connectivity index (χ0v) is 13.4. The van der Waals surface area contributed by atoms with E-state index < -0.39 is 0 Å². The van der Waals surface area contributed by atoms with Crippen molar-refractivity contribution in [3.05, 3.63) is 34.2 Å². The number of carbonyl (C=O) groups is 1. The number of primary amides is 1. The Morgan fingerprint density at radius 3 is 2.74 bits per heavy atom. The Morgan fingerprint density at radius 2 is 2.09 bits per heavy atom. The van der Waals surface area contributed by atoms with Crippen LogP contribution in [0.3, 0.4) is 0 Å². The van der Waals surface area contributed by atoms with Gasteiger partial charge in [-0.25, -0.2) is 0 Å². The summed E-state index contributed by atoms with van der Waals surface area (Å²) in [4.78, 5) is 27.7. The number of carbonyl (C=O) groups excluding carboxylic acids is 1. The van der Waals surface area contributed by atoms with E-state index >= 15 is 0 Å². The van der Waals surface area contributed by atoms with Crippen LogP contribution in [0.4, 0.5) is 0 Å². The molecule has 0 bridgehead atoms. The zero-order valence-electron chi connectivity index (χ0n) is 13.4. The van der Waals surface area contributed by atoms with Crippen molar-refractivity contribution in [3.63, 3.8) is 0 Å². The molecule has 126 valence electrons. The lowest BCUT2D eigenvalue weighted by molar-refractivity contribution is -0.123. The van der Waals surface area contributed by atoms with Gasteiger partial charge in [0.2, 0.25) is 11.5 Å². The Bertz CT molecular complexity index is 572. The fraction of sp³-hybridized carbons (Fsp3) is 0.647. The van der Waals surface area contributed by atoms with Gasteiger partial charge in [0.05, 0.1) is 12.0 Å². The van der Waals surface area contributed by atoms with Crippen LogP contribution in [0.15, 0.2) is 23.1 Å². The van der Waals surface area contributed by atoms with E-state index in [0.717, 1.165) is 50.9 Å². The first-order valence-corrected chi connectivity index (χ1v) is 8.42. The second-order valence-electron chi connectivity index (χ2n) is 6.72. The van der Waals surface area contributed by atoms with Gasteiger partial charge in [0.15, 0.2) is 0 Å². The number of pyridine rings is 1. The highest BCUT2D eigenvalue weighted by Crippen LogP contribution is 2.30. The second kappa shape index (κ2) is 7.27. The maximum Gasteiger partial charge on any atom is 0.247 e. The molecule has 0 aliphatic carbocycles. The molecule has 0 spiro atoms. The topological polar surface area (TPSA) is 88.4 Å². The molecule has 23 heavy (non-hydrogen) atoms. The minimum absolute atomic E-state index is 0.0169. The molecule has 6 heteroatoms. The molecular formula is C17H25N3O3. The van der Waals surface area contributed by atoms with E-state index in [1.165, 1.54) is 0 Å². The van der Waals surface area contributed by atoms with E-state index in [0.29, 0.717) is 12.5 Å². The third kappa shape index (κ3) is 4.20. The predicted octanol–water partition coefficient (Wildman–Crippen LogP) is 0.867. The van der Waals surface area contributed by atoms with Crippen LogP contribution in [-0.2, 0) is 16.1 Å². The van der Waals surface area contributed by atoms with Gasteiger partial charge in [0, 0.05) is 25.4 Å². The van der Waals surface area contributed by atoms with Gasteiger partial charge in [-0.05, 0) is 50.3 Å². The Morgan fingerprint density at radius 1 is 1.30 bits per heavy atom. The number of aromatic amines is 1. The van der Waals surface area contributed by atoms with Crippen molar-refractivity contribution in [2.24, 2.45) is 17.6 Å². The molecule has 2 saturated heterocycles. The lowest BCUT2D eigenvalue weighted by Crippen LogP contribution is -2.36. The number of piperidine rings is 1. The molecule has 1 aromatic heterocycles. The van der Waals surface area contributed by atoms with Gasteiger partial charge in [0.25, 0.3) is 0 Å². The quantitative estimate of drug-likeness (QED) is 0.843. The van der Waals surface area contributed by atoms with Crippen molar-refractivity contribution in [2.75, 3.05) is 19.7 Å². The molecule has 2 fully saturated rings. The van der Waals surface area contributed by atoms with Crippen LogP contribution in [0.25, 0.3) is 0 Å². The van der Waals surface area contributed by atoms with Crippen LogP contribution in [0, 0.1) is 11.8 Å². The molecule has 0 radical (unpaired) electrons. The van der Waals surface area contributed by atoms with E-state index in [2.05, 4.69) is 9.88 Å². The van der Waals surface area contributed by atoms with Gasteiger partial charge in [-0.15, -0.1) is 0 Å². The third-order valence-electron chi connectivity index (χ3n) is 5.10. The average molecular weight is 319 g/mol. The van der Waals surface area contributed by atoms with E-state index in [4.69, 9.17) is 10.5 Å². The number of hydrogen-bond acceptors (Lipinski definition) is 4. The molecule has 0 unspecified atom stereocenters.